The Morgan fingerprint density at radius 3 is 2.86 bits per heavy atom. The molecule has 3 aromatic rings. The van der Waals surface area contributed by atoms with Crippen molar-refractivity contribution in [1.82, 2.24) is 24.6 Å². The molecule has 0 radical (unpaired) electrons. The van der Waals surface area contributed by atoms with E-state index >= 15 is 0 Å². The predicted molar refractivity (Wildman–Crippen MR) is 106 cm³/mol. The highest BCUT2D eigenvalue weighted by molar-refractivity contribution is 7.11. The summed E-state index contributed by atoms with van der Waals surface area (Å²) in [6, 6.07) is 8.06. The van der Waals surface area contributed by atoms with Gasteiger partial charge in [-0.25, -0.2) is 4.98 Å². The molecule has 1 aromatic carbocycles. The summed E-state index contributed by atoms with van der Waals surface area (Å²) in [6.07, 6.45) is 4.26. The molecular formula is C20H23N5O2S. The van der Waals surface area contributed by atoms with Crippen molar-refractivity contribution in [3.05, 3.63) is 40.6 Å². The number of cyclic esters (lactones) is 1. The number of hydrogen-bond acceptors (Lipinski definition) is 7. The van der Waals surface area contributed by atoms with Gasteiger partial charge in [0, 0.05) is 6.42 Å². The quantitative estimate of drug-likeness (QED) is 0.631. The Morgan fingerprint density at radius 1 is 1.25 bits per heavy atom. The first kappa shape index (κ1) is 17.8. The summed E-state index contributed by atoms with van der Waals surface area (Å²) >= 11 is 1.64. The maximum atomic E-state index is 12.7. The number of esters is 1. The van der Waals surface area contributed by atoms with Gasteiger partial charge in [0.15, 0.2) is 0 Å². The number of piperidine rings is 1. The number of rotatable bonds is 4. The second-order valence-corrected chi connectivity index (χ2v) is 9.15. The third-order valence-electron chi connectivity index (χ3n) is 5.99. The minimum Gasteiger partial charge on any atom is -0.460 e. The molecule has 7 nitrogen and oxygen atoms in total. The van der Waals surface area contributed by atoms with E-state index in [4.69, 9.17) is 4.74 Å². The second-order valence-electron chi connectivity index (χ2n) is 7.89. The number of likely N-dealkylation sites (tertiary alicyclic amines) is 1. The van der Waals surface area contributed by atoms with Gasteiger partial charge in [-0.05, 0) is 45.0 Å². The number of carbonyl (C=O) groups excluding carboxylic acids is 1. The summed E-state index contributed by atoms with van der Waals surface area (Å²) in [5.41, 5.74) is 1.73. The zero-order valence-electron chi connectivity index (χ0n) is 15.9. The molecule has 0 bridgehead atoms. The van der Waals surface area contributed by atoms with Crippen molar-refractivity contribution in [1.29, 1.82) is 0 Å². The average Bonchev–Trinajstić information content (AvgIpc) is 3.37. The van der Waals surface area contributed by atoms with Gasteiger partial charge >= 0.3 is 5.97 Å². The fourth-order valence-electron chi connectivity index (χ4n) is 4.45. The molecule has 0 amide bonds. The Labute approximate surface area is 167 Å². The molecule has 1 unspecified atom stereocenters. The van der Waals surface area contributed by atoms with Gasteiger partial charge in [0.25, 0.3) is 0 Å². The number of carbonyl (C=O) groups is 1. The van der Waals surface area contributed by atoms with E-state index in [0.717, 1.165) is 59.9 Å². The van der Waals surface area contributed by atoms with Crippen LogP contribution >= 0.6 is 11.3 Å². The molecule has 0 saturated carbocycles. The molecule has 2 aromatic heterocycles. The zero-order valence-corrected chi connectivity index (χ0v) is 16.7. The normalized spacial score (nSPS) is 22.2. The standard InChI is InChI=1S/C20H23N5O2S/c1-14-22-23-18(28-14)12-24-8-6-20(7-9-24)10-15(27-19(20)26)11-25-13-21-16-4-2-3-5-17(16)25/h2-5,13,15H,6-12H2,1H3. The van der Waals surface area contributed by atoms with Crippen molar-refractivity contribution in [2.45, 2.75) is 45.4 Å². The van der Waals surface area contributed by atoms with E-state index in [-0.39, 0.29) is 17.5 Å². The lowest BCUT2D eigenvalue weighted by molar-refractivity contribution is -0.151. The first-order chi connectivity index (χ1) is 13.6. The van der Waals surface area contributed by atoms with Crippen LogP contribution in [0.4, 0.5) is 0 Å². The highest BCUT2D eigenvalue weighted by Gasteiger charge is 2.50. The van der Waals surface area contributed by atoms with Crippen LogP contribution in [0.25, 0.3) is 11.0 Å². The van der Waals surface area contributed by atoms with Crippen molar-refractivity contribution < 1.29 is 9.53 Å². The molecule has 2 saturated heterocycles. The zero-order chi connectivity index (χ0) is 19.1. The molecule has 4 heterocycles. The van der Waals surface area contributed by atoms with E-state index in [1.807, 2.05) is 31.5 Å². The van der Waals surface area contributed by atoms with Crippen molar-refractivity contribution in [2.75, 3.05) is 13.1 Å². The van der Waals surface area contributed by atoms with Crippen molar-refractivity contribution in [2.24, 2.45) is 5.41 Å². The topological polar surface area (TPSA) is 73.1 Å². The van der Waals surface area contributed by atoms with E-state index < -0.39 is 0 Å². The Morgan fingerprint density at radius 2 is 2.07 bits per heavy atom. The maximum Gasteiger partial charge on any atom is 0.312 e. The number of aryl methyl sites for hydroxylation is 1. The molecule has 0 aliphatic carbocycles. The molecule has 1 atom stereocenters. The summed E-state index contributed by atoms with van der Waals surface area (Å²) in [6.45, 7) is 5.26. The van der Waals surface area contributed by atoms with Crippen LogP contribution in [-0.2, 0) is 22.6 Å². The summed E-state index contributed by atoms with van der Waals surface area (Å²) in [4.78, 5) is 19.5. The monoisotopic (exact) mass is 397 g/mol. The van der Waals surface area contributed by atoms with Crippen molar-refractivity contribution in [3.8, 4) is 0 Å². The number of para-hydroxylation sites is 2. The van der Waals surface area contributed by atoms with Gasteiger partial charge < -0.3 is 9.30 Å². The van der Waals surface area contributed by atoms with E-state index in [9.17, 15) is 4.79 Å². The molecule has 146 valence electrons. The number of hydrogen-bond donors (Lipinski definition) is 0. The fourth-order valence-corrected chi connectivity index (χ4v) is 5.21. The lowest BCUT2D eigenvalue weighted by atomic mass is 9.76. The summed E-state index contributed by atoms with van der Waals surface area (Å²) < 4.78 is 7.90. The van der Waals surface area contributed by atoms with Gasteiger partial charge in [0.2, 0.25) is 0 Å². The minimum absolute atomic E-state index is 0.0201. The Hall–Kier alpha value is -2.32. The third kappa shape index (κ3) is 3.20. The SMILES string of the molecule is Cc1nnc(CN2CCC3(CC2)CC(Cn2cnc4ccccc42)OC3=O)s1. The van der Waals surface area contributed by atoms with Crippen LogP contribution in [0.1, 0.15) is 29.3 Å². The van der Waals surface area contributed by atoms with E-state index in [1.54, 1.807) is 11.3 Å². The number of imidazole rings is 1. The van der Waals surface area contributed by atoms with E-state index in [1.165, 1.54) is 0 Å². The Bertz CT molecular complexity index is 1000. The van der Waals surface area contributed by atoms with E-state index in [0.29, 0.717) is 6.54 Å². The first-order valence-electron chi connectivity index (χ1n) is 9.74. The van der Waals surface area contributed by atoms with Crippen LogP contribution in [0.15, 0.2) is 30.6 Å². The van der Waals surface area contributed by atoms with Crippen LogP contribution in [0.5, 0.6) is 0 Å². The number of benzene rings is 1. The van der Waals surface area contributed by atoms with Crippen LogP contribution in [0.2, 0.25) is 0 Å². The molecule has 1 spiro atoms. The summed E-state index contributed by atoms with van der Waals surface area (Å²) in [5.74, 6) is -0.0201. The number of ether oxygens (including phenoxy) is 1. The molecular weight excluding hydrogens is 374 g/mol. The predicted octanol–water partition coefficient (Wildman–Crippen LogP) is 2.79. The third-order valence-corrected chi connectivity index (χ3v) is 6.82. The second kappa shape index (κ2) is 6.93. The maximum absolute atomic E-state index is 12.7. The lowest BCUT2D eigenvalue weighted by Gasteiger charge is -2.36. The van der Waals surface area contributed by atoms with Crippen molar-refractivity contribution in [3.63, 3.8) is 0 Å². The van der Waals surface area contributed by atoms with Gasteiger partial charge in [-0.3, -0.25) is 9.69 Å². The van der Waals surface area contributed by atoms with Gasteiger partial charge in [0.05, 0.1) is 35.9 Å². The molecule has 28 heavy (non-hydrogen) atoms. The minimum atomic E-state index is -0.325. The summed E-state index contributed by atoms with van der Waals surface area (Å²) in [5, 5.41) is 10.4. The van der Waals surface area contributed by atoms with Crippen LogP contribution in [0.3, 0.4) is 0 Å². The van der Waals surface area contributed by atoms with Gasteiger partial charge in [0.1, 0.15) is 16.1 Å². The number of fused-ring (bicyclic) bond motifs is 1. The van der Waals surface area contributed by atoms with Crippen LogP contribution in [0, 0.1) is 12.3 Å². The highest BCUT2D eigenvalue weighted by atomic mass is 32.1. The summed E-state index contributed by atoms with van der Waals surface area (Å²) in [7, 11) is 0. The molecule has 2 aliphatic rings. The largest absolute Gasteiger partial charge is 0.460 e. The Balaban J connectivity index is 1.23. The number of nitrogens with zero attached hydrogens (tertiary/aromatic N) is 5. The fraction of sp³-hybridized carbons (Fsp3) is 0.500. The van der Waals surface area contributed by atoms with Crippen molar-refractivity contribution >= 4 is 28.3 Å². The van der Waals surface area contributed by atoms with Gasteiger partial charge in [-0.1, -0.05) is 12.1 Å². The van der Waals surface area contributed by atoms with E-state index in [2.05, 4.69) is 30.7 Å². The lowest BCUT2D eigenvalue weighted by Crippen LogP contribution is -2.42. The average molecular weight is 398 g/mol. The molecule has 8 heteroatoms. The molecule has 2 fully saturated rings. The Kier molecular flexibility index (Phi) is 4.40. The molecule has 0 N–H and O–H groups in total. The van der Waals surface area contributed by atoms with Gasteiger partial charge in [-0.2, -0.15) is 0 Å². The first-order valence-corrected chi connectivity index (χ1v) is 10.6. The van der Waals surface area contributed by atoms with Crippen LogP contribution < -0.4 is 0 Å². The molecule has 5 rings (SSSR count). The van der Waals surface area contributed by atoms with Crippen LogP contribution in [-0.4, -0.2) is 49.8 Å². The van der Waals surface area contributed by atoms with Gasteiger partial charge in [-0.15, -0.1) is 21.5 Å². The highest BCUT2D eigenvalue weighted by Crippen LogP contribution is 2.43. The smallest absolute Gasteiger partial charge is 0.312 e. The number of aromatic nitrogens is 4. The molecule has 2 aliphatic heterocycles.